The molecule has 0 bridgehead atoms. The van der Waals surface area contributed by atoms with Gasteiger partial charge in [-0.2, -0.15) is 0 Å². The summed E-state index contributed by atoms with van der Waals surface area (Å²) in [5, 5.41) is 3.38. The van der Waals surface area contributed by atoms with Gasteiger partial charge >= 0.3 is 0 Å². The van der Waals surface area contributed by atoms with Crippen LogP contribution in [0, 0.1) is 6.92 Å². The van der Waals surface area contributed by atoms with E-state index in [1.165, 1.54) is 10.3 Å². The Balaban J connectivity index is 1.19. The quantitative estimate of drug-likeness (QED) is 0.177. The SMILES string of the molecule is CCc1cc(-c2cccc(-c3cccc(-c4nc(-c5ccccc5)c5sc6ccccc6c5n4)c3)c2)c2ccc3ccc(C)nc3c2n1. The van der Waals surface area contributed by atoms with E-state index < -0.39 is 0 Å². The van der Waals surface area contributed by atoms with Crippen molar-refractivity contribution in [2.75, 3.05) is 0 Å². The Kier molecular flexibility index (Phi) is 6.80. The molecule has 0 aliphatic rings. The minimum absolute atomic E-state index is 0.727. The van der Waals surface area contributed by atoms with Gasteiger partial charge in [0.2, 0.25) is 0 Å². The highest BCUT2D eigenvalue weighted by atomic mass is 32.1. The molecule has 0 saturated heterocycles. The molecule has 5 aromatic carbocycles. The maximum atomic E-state index is 5.21. The molecule has 4 aromatic heterocycles. The normalized spacial score (nSPS) is 11.6. The third-order valence-electron chi connectivity index (χ3n) is 9.09. The molecule has 0 fully saturated rings. The highest BCUT2D eigenvalue weighted by Crippen LogP contribution is 2.40. The molecule has 4 heterocycles. The predicted octanol–water partition coefficient (Wildman–Crippen LogP) is 11.5. The molecule has 5 heteroatoms. The van der Waals surface area contributed by atoms with Crippen LogP contribution in [0.4, 0.5) is 0 Å². The minimum atomic E-state index is 0.727. The van der Waals surface area contributed by atoms with Gasteiger partial charge in [-0.1, -0.05) is 110 Å². The molecule has 0 unspecified atom stereocenters. The summed E-state index contributed by atoms with van der Waals surface area (Å²) in [5.74, 6) is 0.727. The second kappa shape index (κ2) is 11.5. The largest absolute Gasteiger partial charge is 0.251 e. The summed E-state index contributed by atoms with van der Waals surface area (Å²) in [6.07, 6.45) is 0.849. The molecule has 228 valence electrons. The van der Waals surface area contributed by atoms with Crippen LogP contribution in [-0.2, 0) is 6.42 Å². The summed E-state index contributed by atoms with van der Waals surface area (Å²) in [6.45, 7) is 4.19. The summed E-state index contributed by atoms with van der Waals surface area (Å²) in [6, 6.07) is 47.1. The number of fused-ring (bicyclic) bond motifs is 6. The number of benzene rings is 5. The number of aryl methyl sites for hydroxylation is 2. The van der Waals surface area contributed by atoms with Crippen LogP contribution in [0.25, 0.3) is 87.0 Å². The van der Waals surface area contributed by atoms with Crippen LogP contribution < -0.4 is 0 Å². The van der Waals surface area contributed by atoms with Crippen LogP contribution in [0.2, 0.25) is 0 Å². The number of hydrogen-bond acceptors (Lipinski definition) is 5. The first kappa shape index (κ1) is 28.4. The number of hydrogen-bond donors (Lipinski definition) is 0. The van der Waals surface area contributed by atoms with Gasteiger partial charge in [0.15, 0.2) is 5.82 Å². The van der Waals surface area contributed by atoms with Gasteiger partial charge in [-0.25, -0.2) is 9.97 Å². The van der Waals surface area contributed by atoms with E-state index >= 15 is 0 Å². The average Bonchev–Trinajstić information content (AvgIpc) is 3.53. The summed E-state index contributed by atoms with van der Waals surface area (Å²) >= 11 is 1.76. The Bertz CT molecular complexity index is 2680. The van der Waals surface area contributed by atoms with Crippen molar-refractivity contribution in [2.45, 2.75) is 20.3 Å². The molecule has 48 heavy (non-hydrogen) atoms. The smallest absolute Gasteiger partial charge is 0.160 e. The van der Waals surface area contributed by atoms with Crippen molar-refractivity contribution in [1.82, 2.24) is 19.9 Å². The zero-order valence-electron chi connectivity index (χ0n) is 26.6. The van der Waals surface area contributed by atoms with Gasteiger partial charge in [0.25, 0.3) is 0 Å². The van der Waals surface area contributed by atoms with E-state index in [9.17, 15) is 0 Å². The van der Waals surface area contributed by atoms with Gasteiger partial charge in [0.1, 0.15) is 0 Å². The fourth-order valence-electron chi connectivity index (χ4n) is 6.66. The second-order valence-corrected chi connectivity index (χ2v) is 13.3. The molecule has 0 spiro atoms. The molecule has 9 aromatic rings. The fourth-order valence-corrected chi connectivity index (χ4v) is 7.81. The fraction of sp³-hybridized carbons (Fsp3) is 0.0698. The van der Waals surface area contributed by atoms with Gasteiger partial charge in [0, 0.05) is 43.4 Å². The highest BCUT2D eigenvalue weighted by Gasteiger charge is 2.17. The summed E-state index contributed by atoms with van der Waals surface area (Å²) in [7, 11) is 0. The van der Waals surface area contributed by atoms with Crippen molar-refractivity contribution in [3.05, 3.63) is 145 Å². The molecular formula is C43H30N4S. The van der Waals surface area contributed by atoms with Crippen LogP contribution >= 0.6 is 11.3 Å². The van der Waals surface area contributed by atoms with Crippen LogP contribution in [0.15, 0.2) is 133 Å². The number of pyridine rings is 2. The second-order valence-electron chi connectivity index (χ2n) is 12.2. The monoisotopic (exact) mass is 634 g/mol. The van der Waals surface area contributed by atoms with Gasteiger partial charge < -0.3 is 0 Å². The van der Waals surface area contributed by atoms with Crippen LogP contribution in [0.3, 0.4) is 0 Å². The van der Waals surface area contributed by atoms with Gasteiger partial charge in [-0.15, -0.1) is 11.3 Å². The molecule has 0 aliphatic carbocycles. The highest BCUT2D eigenvalue weighted by molar-refractivity contribution is 7.26. The number of rotatable bonds is 5. The standard InChI is InChI=1S/C43H30N4S/c1-3-33-25-36(34-22-21-28-20-19-26(2)44-38(28)40(34)45-33)31-15-9-13-29(23-31)30-14-10-16-32(24-30)43-46-39(27-11-5-4-6-12-27)42-41(47-43)35-17-7-8-18-37(35)48-42/h4-25H,3H2,1-2H3. The van der Waals surface area contributed by atoms with E-state index in [0.29, 0.717) is 0 Å². The van der Waals surface area contributed by atoms with Crippen LogP contribution in [0.1, 0.15) is 18.3 Å². The number of nitrogens with zero attached hydrogens (tertiary/aromatic N) is 4. The maximum Gasteiger partial charge on any atom is 0.160 e. The Morgan fingerprint density at radius 2 is 1.23 bits per heavy atom. The predicted molar refractivity (Wildman–Crippen MR) is 201 cm³/mol. The van der Waals surface area contributed by atoms with Crippen molar-refractivity contribution in [3.8, 4) is 44.9 Å². The first-order valence-electron chi connectivity index (χ1n) is 16.3. The molecule has 9 rings (SSSR count). The first-order chi connectivity index (χ1) is 23.6. The minimum Gasteiger partial charge on any atom is -0.251 e. The van der Waals surface area contributed by atoms with Gasteiger partial charge in [0.05, 0.1) is 26.9 Å². The van der Waals surface area contributed by atoms with Crippen molar-refractivity contribution in [1.29, 1.82) is 0 Å². The molecule has 0 atom stereocenters. The van der Waals surface area contributed by atoms with Crippen molar-refractivity contribution in [3.63, 3.8) is 0 Å². The maximum absolute atomic E-state index is 5.21. The lowest BCUT2D eigenvalue weighted by molar-refractivity contribution is 1.06. The lowest BCUT2D eigenvalue weighted by Crippen LogP contribution is -1.95. The molecular weight excluding hydrogens is 605 g/mol. The molecule has 0 amide bonds. The molecule has 0 saturated carbocycles. The topological polar surface area (TPSA) is 51.6 Å². The molecule has 4 nitrogen and oxygen atoms in total. The Hall–Kier alpha value is -5.78. The van der Waals surface area contributed by atoms with Gasteiger partial charge in [-0.05, 0) is 65.9 Å². The zero-order chi connectivity index (χ0) is 32.2. The van der Waals surface area contributed by atoms with E-state index in [2.05, 4.69) is 134 Å². The van der Waals surface area contributed by atoms with Crippen molar-refractivity contribution >= 4 is 53.4 Å². The summed E-state index contributed by atoms with van der Waals surface area (Å²) in [5.41, 5.74) is 12.6. The number of thiophene rings is 1. The average molecular weight is 635 g/mol. The van der Waals surface area contributed by atoms with Crippen LogP contribution in [0.5, 0.6) is 0 Å². The van der Waals surface area contributed by atoms with Crippen molar-refractivity contribution < 1.29 is 0 Å². The van der Waals surface area contributed by atoms with E-state index in [0.717, 1.165) is 94.6 Å². The lowest BCUT2D eigenvalue weighted by atomic mass is 9.94. The van der Waals surface area contributed by atoms with Gasteiger partial charge in [-0.3, -0.25) is 9.97 Å². The third kappa shape index (κ3) is 4.83. The molecule has 0 aliphatic heterocycles. The Morgan fingerprint density at radius 1 is 0.521 bits per heavy atom. The Labute approximate surface area is 282 Å². The number of aromatic nitrogens is 4. The lowest BCUT2D eigenvalue weighted by Gasteiger charge is -2.13. The van der Waals surface area contributed by atoms with E-state index in [-0.39, 0.29) is 0 Å². The molecule has 0 N–H and O–H groups in total. The van der Waals surface area contributed by atoms with E-state index in [1.807, 2.05) is 13.0 Å². The zero-order valence-corrected chi connectivity index (χ0v) is 27.4. The van der Waals surface area contributed by atoms with Crippen molar-refractivity contribution in [2.24, 2.45) is 0 Å². The molecule has 0 radical (unpaired) electrons. The Morgan fingerprint density at radius 3 is 2.06 bits per heavy atom. The van der Waals surface area contributed by atoms with Crippen LogP contribution in [-0.4, -0.2) is 19.9 Å². The third-order valence-corrected chi connectivity index (χ3v) is 10.3. The summed E-state index contributed by atoms with van der Waals surface area (Å²) in [4.78, 5) is 20.4. The van der Waals surface area contributed by atoms with E-state index in [4.69, 9.17) is 19.9 Å². The summed E-state index contributed by atoms with van der Waals surface area (Å²) < 4.78 is 2.33. The first-order valence-corrected chi connectivity index (χ1v) is 17.1. The van der Waals surface area contributed by atoms with E-state index in [1.54, 1.807) is 11.3 Å².